The third-order valence-electron chi connectivity index (χ3n) is 2.97. The van der Waals surface area contributed by atoms with Crippen molar-refractivity contribution in [2.45, 2.75) is 25.8 Å². The number of carbonyl (C=O) groups is 2. The highest BCUT2D eigenvalue weighted by Gasteiger charge is 2.33. The number of amides is 2. The highest BCUT2D eigenvalue weighted by Crippen LogP contribution is 2.28. The molecule has 2 atom stereocenters. The van der Waals surface area contributed by atoms with Gasteiger partial charge in [-0.3, -0.25) is 4.79 Å². The Bertz CT molecular complexity index is 473. The first-order valence-corrected chi connectivity index (χ1v) is 5.93. The molecule has 1 aliphatic rings. The third-order valence-corrected chi connectivity index (χ3v) is 2.97. The van der Waals surface area contributed by atoms with Crippen LogP contribution in [0.4, 0.5) is 10.5 Å². The molecule has 1 aliphatic carbocycles. The van der Waals surface area contributed by atoms with Crippen LogP contribution in [0.3, 0.4) is 0 Å². The van der Waals surface area contributed by atoms with Gasteiger partial charge in [-0.15, -0.1) is 0 Å². The smallest absolute Gasteiger partial charge is 0.319 e. The Hall–Kier alpha value is -2.04. The third kappa shape index (κ3) is 3.48. The second-order valence-corrected chi connectivity index (χ2v) is 4.69. The Balaban J connectivity index is 1.91. The van der Waals surface area contributed by atoms with Crippen molar-refractivity contribution in [1.29, 1.82) is 0 Å². The summed E-state index contributed by atoms with van der Waals surface area (Å²) >= 11 is 0. The molecule has 0 aromatic heterocycles. The van der Waals surface area contributed by atoms with Crippen LogP contribution >= 0.6 is 0 Å². The largest absolute Gasteiger partial charge is 0.481 e. The summed E-state index contributed by atoms with van der Waals surface area (Å²) in [6.07, 6.45) is 0.975. The zero-order valence-corrected chi connectivity index (χ0v) is 10.1. The highest BCUT2D eigenvalue weighted by molar-refractivity contribution is 5.89. The molecule has 5 heteroatoms. The molecule has 1 aromatic rings. The predicted molar refractivity (Wildman–Crippen MR) is 67.5 cm³/mol. The topological polar surface area (TPSA) is 78.4 Å². The number of rotatable bonds is 4. The maximum absolute atomic E-state index is 11.6. The summed E-state index contributed by atoms with van der Waals surface area (Å²) in [4.78, 5) is 22.2. The SMILES string of the molecule is CC1CC1NC(=O)Nc1cccc(CC(=O)O)c1. The zero-order valence-electron chi connectivity index (χ0n) is 10.1. The normalized spacial score (nSPS) is 21.2. The van der Waals surface area contributed by atoms with Crippen LogP contribution in [-0.4, -0.2) is 23.1 Å². The van der Waals surface area contributed by atoms with Crippen LogP contribution in [0.1, 0.15) is 18.9 Å². The van der Waals surface area contributed by atoms with E-state index < -0.39 is 5.97 Å². The summed E-state index contributed by atoms with van der Waals surface area (Å²) in [5.74, 6) is -0.336. The van der Waals surface area contributed by atoms with Crippen molar-refractivity contribution in [3.8, 4) is 0 Å². The molecular formula is C13H16N2O3. The van der Waals surface area contributed by atoms with Crippen LogP contribution in [0.2, 0.25) is 0 Å². The van der Waals surface area contributed by atoms with E-state index in [9.17, 15) is 9.59 Å². The zero-order chi connectivity index (χ0) is 13.1. The van der Waals surface area contributed by atoms with Crippen molar-refractivity contribution in [2.24, 2.45) is 5.92 Å². The molecule has 2 unspecified atom stereocenters. The van der Waals surface area contributed by atoms with Crippen LogP contribution < -0.4 is 10.6 Å². The number of anilines is 1. The van der Waals surface area contributed by atoms with Gasteiger partial charge in [0.25, 0.3) is 0 Å². The number of benzene rings is 1. The maximum atomic E-state index is 11.6. The molecule has 0 aliphatic heterocycles. The van der Waals surface area contributed by atoms with E-state index in [1.165, 1.54) is 0 Å². The quantitative estimate of drug-likeness (QED) is 0.760. The van der Waals surface area contributed by atoms with Gasteiger partial charge in [0.2, 0.25) is 0 Å². The highest BCUT2D eigenvalue weighted by atomic mass is 16.4. The second-order valence-electron chi connectivity index (χ2n) is 4.69. The molecule has 0 saturated heterocycles. The van der Waals surface area contributed by atoms with E-state index in [2.05, 4.69) is 17.6 Å². The first-order valence-electron chi connectivity index (χ1n) is 5.93. The molecule has 0 spiro atoms. The van der Waals surface area contributed by atoms with Crippen molar-refractivity contribution >= 4 is 17.7 Å². The molecule has 1 aromatic carbocycles. The van der Waals surface area contributed by atoms with E-state index in [0.717, 1.165) is 6.42 Å². The summed E-state index contributed by atoms with van der Waals surface area (Å²) in [6.45, 7) is 2.08. The number of aliphatic carboxylic acids is 1. The number of hydrogen-bond donors (Lipinski definition) is 3. The van der Waals surface area contributed by atoms with Gasteiger partial charge in [-0.2, -0.15) is 0 Å². The molecule has 5 nitrogen and oxygen atoms in total. The minimum absolute atomic E-state index is 0.0448. The van der Waals surface area contributed by atoms with Gasteiger partial charge in [0, 0.05) is 11.7 Å². The molecule has 0 heterocycles. The fourth-order valence-corrected chi connectivity index (χ4v) is 1.79. The van der Waals surface area contributed by atoms with Crippen molar-refractivity contribution in [2.75, 3.05) is 5.32 Å². The second kappa shape index (κ2) is 5.08. The summed E-state index contributed by atoms with van der Waals surface area (Å²) < 4.78 is 0. The van der Waals surface area contributed by atoms with Crippen LogP contribution in [0.25, 0.3) is 0 Å². The van der Waals surface area contributed by atoms with E-state index in [0.29, 0.717) is 17.2 Å². The lowest BCUT2D eigenvalue weighted by atomic mass is 10.1. The molecule has 1 fully saturated rings. The average Bonchev–Trinajstić information content (AvgIpc) is 2.93. The minimum atomic E-state index is -0.886. The standard InChI is InChI=1S/C13H16N2O3/c1-8-5-11(8)15-13(18)14-10-4-2-3-9(6-10)7-12(16)17/h2-4,6,8,11H,5,7H2,1H3,(H,16,17)(H2,14,15,18). The number of carbonyl (C=O) groups excluding carboxylic acids is 1. The van der Waals surface area contributed by atoms with Crippen molar-refractivity contribution in [3.63, 3.8) is 0 Å². The van der Waals surface area contributed by atoms with Gasteiger partial charge in [-0.1, -0.05) is 19.1 Å². The van der Waals surface area contributed by atoms with Crippen LogP contribution in [0.15, 0.2) is 24.3 Å². The van der Waals surface area contributed by atoms with Crippen LogP contribution in [-0.2, 0) is 11.2 Å². The Morgan fingerprint density at radius 2 is 2.17 bits per heavy atom. The molecule has 96 valence electrons. The van der Waals surface area contributed by atoms with Gasteiger partial charge in [-0.25, -0.2) is 4.79 Å². The Morgan fingerprint density at radius 3 is 2.78 bits per heavy atom. The lowest BCUT2D eigenvalue weighted by Crippen LogP contribution is -2.31. The van der Waals surface area contributed by atoms with Gasteiger partial charge in [0.05, 0.1) is 6.42 Å². The fraction of sp³-hybridized carbons (Fsp3) is 0.385. The summed E-state index contributed by atoms with van der Waals surface area (Å²) in [7, 11) is 0. The summed E-state index contributed by atoms with van der Waals surface area (Å²) in [6, 6.07) is 6.89. The lowest BCUT2D eigenvalue weighted by molar-refractivity contribution is -0.136. The van der Waals surface area contributed by atoms with Crippen LogP contribution in [0.5, 0.6) is 0 Å². The number of urea groups is 1. The van der Waals surface area contributed by atoms with Gasteiger partial charge in [0.15, 0.2) is 0 Å². The van der Waals surface area contributed by atoms with E-state index in [4.69, 9.17) is 5.11 Å². The molecule has 1 saturated carbocycles. The molecule has 3 N–H and O–H groups in total. The Morgan fingerprint density at radius 1 is 1.44 bits per heavy atom. The number of carboxylic acid groups (broad SMARTS) is 1. The van der Waals surface area contributed by atoms with Gasteiger partial charge < -0.3 is 15.7 Å². The minimum Gasteiger partial charge on any atom is -0.481 e. The van der Waals surface area contributed by atoms with E-state index >= 15 is 0 Å². The summed E-state index contributed by atoms with van der Waals surface area (Å²) in [5, 5.41) is 14.2. The van der Waals surface area contributed by atoms with Gasteiger partial charge >= 0.3 is 12.0 Å². The molecular weight excluding hydrogens is 232 g/mol. The number of carboxylic acids is 1. The van der Waals surface area contributed by atoms with Crippen molar-refractivity contribution in [3.05, 3.63) is 29.8 Å². The predicted octanol–water partition coefficient (Wildman–Crippen LogP) is 1.84. The lowest BCUT2D eigenvalue weighted by Gasteiger charge is -2.08. The van der Waals surface area contributed by atoms with Crippen molar-refractivity contribution < 1.29 is 14.7 Å². The molecule has 0 bridgehead atoms. The average molecular weight is 248 g/mol. The molecule has 2 amide bonds. The summed E-state index contributed by atoms with van der Waals surface area (Å²) in [5.41, 5.74) is 1.28. The maximum Gasteiger partial charge on any atom is 0.319 e. The van der Waals surface area contributed by atoms with Crippen molar-refractivity contribution in [1.82, 2.24) is 5.32 Å². The van der Waals surface area contributed by atoms with Gasteiger partial charge in [0.1, 0.15) is 0 Å². The monoisotopic (exact) mass is 248 g/mol. The van der Waals surface area contributed by atoms with Crippen LogP contribution in [0, 0.1) is 5.92 Å². The number of hydrogen-bond acceptors (Lipinski definition) is 2. The first-order chi connectivity index (χ1) is 8.54. The van der Waals surface area contributed by atoms with E-state index in [1.807, 2.05) is 0 Å². The number of nitrogens with one attached hydrogen (secondary N) is 2. The van der Waals surface area contributed by atoms with Gasteiger partial charge in [-0.05, 0) is 30.0 Å². The Kier molecular flexibility index (Phi) is 3.50. The Labute approximate surface area is 105 Å². The molecule has 18 heavy (non-hydrogen) atoms. The fourth-order valence-electron chi connectivity index (χ4n) is 1.79. The van der Waals surface area contributed by atoms with E-state index in [1.54, 1.807) is 24.3 Å². The van der Waals surface area contributed by atoms with E-state index in [-0.39, 0.29) is 18.5 Å². The first kappa shape index (κ1) is 12.4. The molecule has 2 rings (SSSR count). The molecule has 0 radical (unpaired) electrons.